The van der Waals surface area contributed by atoms with Gasteiger partial charge >= 0.3 is 5.97 Å². The quantitative estimate of drug-likeness (QED) is 0.692. The Morgan fingerprint density at radius 1 is 1.44 bits per heavy atom. The molecule has 1 aliphatic heterocycles. The van der Waals surface area contributed by atoms with Crippen LogP contribution in [0.1, 0.15) is 45.4 Å². The van der Waals surface area contributed by atoms with Gasteiger partial charge in [0, 0.05) is 19.6 Å². The standard InChI is InChI=1S/C13H23NO4/c1-2-10(5-6-12(15)16)7-8-14-13(17)11-4-3-9-18-11/h10-11H,2-9H2,1H3,(H,14,17)(H,15,16). The Kier molecular flexibility index (Phi) is 6.72. The van der Waals surface area contributed by atoms with Crippen LogP contribution in [-0.4, -0.2) is 36.2 Å². The zero-order chi connectivity index (χ0) is 13.4. The van der Waals surface area contributed by atoms with Crippen LogP contribution in [0.5, 0.6) is 0 Å². The van der Waals surface area contributed by atoms with Gasteiger partial charge in [0.1, 0.15) is 6.10 Å². The molecule has 0 bridgehead atoms. The van der Waals surface area contributed by atoms with Crippen LogP contribution in [0.15, 0.2) is 0 Å². The second kappa shape index (κ2) is 8.08. The minimum Gasteiger partial charge on any atom is -0.481 e. The number of nitrogens with one attached hydrogen (secondary N) is 1. The highest BCUT2D eigenvalue weighted by atomic mass is 16.5. The summed E-state index contributed by atoms with van der Waals surface area (Å²) in [6, 6.07) is 0. The van der Waals surface area contributed by atoms with Crippen LogP contribution >= 0.6 is 0 Å². The van der Waals surface area contributed by atoms with Crippen molar-refractivity contribution < 1.29 is 19.4 Å². The predicted molar refractivity (Wildman–Crippen MR) is 67.3 cm³/mol. The molecule has 1 heterocycles. The van der Waals surface area contributed by atoms with Crippen molar-refractivity contribution in [3.05, 3.63) is 0 Å². The van der Waals surface area contributed by atoms with Crippen LogP contribution in [-0.2, 0) is 14.3 Å². The SMILES string of the molecule is CCC(CCNC(=O)C1CCCO1)CCC(=O)O. The van der Waals surface area contributed by atoms with Crippen molar-refractivity contribution in [1.29, 1.82) is 0 Å². The summed E-state index contributed by atoms with van der Waals surface area (Å²) in [5.41, 5.74) is 0. The number of carbonyl (C=O) groups is 2. The highest BCUT2D eigenvalue weighted by molar-refractivity contribution is 5.80. The first kappa shape index (κ1) is 15.0. The predicted octanol–water partition coefficient (Wildman–Crippen LogP) is 1.56. The maximum absolute atomic E-state index is 11.7. The molecule has 2 N–H and O–H groups in total. The van der Waals surface area contributed by atoms with E-state index in [4.69, 9.17) is 9.84 Å². The van der Waals surface area contributed by atoms with Gasteiger partial charge in [-0.25, -0.2) is 0 Å². The molecule has 5 heteroatoms. The molecule has 0 saturated carbocycles. The van der Waals surface area contributed by atoms with Gasteiger partial charge in [-0.2, -0.15) is 0 Å². The number of aliphatic carboxylic acids is 1. The maximum atomic E-state index is 11.7. The molecule has 2 atom stereocenters. The van der Waals surface area contributed by atoms with E-state index in [1.165, 1.54) is 0 Å². The molecular formula is C13H23NO4. The number of ether oxygens (including phenoxy) is 1. The minimum atomic E-state index is -0.753. The first-order valence-corrected chi connectivity index (χ1v) is 6.74. The van der Waals surface area contributed by atoms with Crippen molar-refractivity contribution in [3.8, 4) is 0 Å². The van der Waals surface area contributed by atoms with Crippen LogP contribution in [0.2, 0.25) is 0 Å². The monoisotopic (exact) mass is 257 g/mol. The molecule has 0 spiro atoms. The van der Waals surface area contributed by atoms with E-state index in [2.05, 4.69) is 12.2 Å². The molecule has 2 unspecified atom stereocenters. The first-order valence-electron chi connectivity index (χ1n) is 6.74. The van der Waals surface area contributed by atoms with Gasteiger partial charge in [-0.05, 0) is 31.6 Å². The number of rotatable bonds is 8. The van der Waals surface area contributed by atoms with Gasteiger partial charge in [-0.1, -0.05) is 13.3 Å². The van der Waals surface area contributed by atoms with Gasteiger partial charge in [0.15, 0.2) is 0 Å². The molecule has 1 amide bonds. The molecule has 1 fully saturated rings. The van der Waals surface area contributed by atoms with E-state index < -0.39 is 5.97 Å². The lowest BCUT2D eigenvalue weighted by Crippen LogP contribution is -2.35. The molecule has 0 aromatic heterocycles. The van der Waals surface area contributed by atoms with Crippen molar-refractivity contribution in [2.24, 2.45) is 5.92 Å². The van der Waals surface area contributed by atoms with E-state index in [9.17, 15) is 9.59 Å². The van der Waals surface area contributed by atoms with E-state index in [0.717, 1.165) is 25.7 Å². The van der Waals surface area contributed by atoms with E-state index in [1.807, 2.05) is 0 Å². The summed E-state index contributed by atoms with van der Waals surface area (Å²) in [5.74, 6) is -0.414. The van der Waals surface area contributed by atoms with E-state index in [0.29, 0.717) is 25.5 Å². The number of hydrogen-bond acceptors (Lipinski definition) is 3. The number of carbonyl (C=O) groups excluding carboxylic acids is 1. The molecule has 0 aromatic carbocycles. The summed E-state index contributed by atoms with van der Waals surface area (Å²) in [5, 5.41) is 11.5. The van der Waals surface area contributed by atoms with Crippen molar-refractivity contribution in [1.82, 2.24) is 5.32 Å². The number of carboxylic acids is 1. The summed E-state index contributed by atoms with van der Waals surface area (Å²) in [4.78, 5) is 22.1. The largest absolute Gasteiger partial charge is 0.481 e. The van der Waals surface area contributed by atoms with Crippen LogP contribution in [0.25, 0.3) is 0 Å². The molecule has 0 radical (unpaired) electrons. The van der Waals surface area contributed by atoms with Gasteiger partial charge in [-0.15, -0.1) is 0 Å². The molecule has 104 valence electrons. The Morgan fingerprint density at radius 3 is 2.78 bits per heavy atom. The van der Waals surface area contributed by atoms with Crippen LogP contribution < -0.4 is 5.32 Å². The highest BCUT2D eigenvalue weighted by Gasteiger charge is 2.23. The van der Waals surface area contributed by atoms with Crippen molar-refractivity contribution in [2.75, 3.05) is 13.2 Å². The summed E-state index contributed by atoms with van der Waals surface area (Å²) in [6.45, 7) is 3.33. The van der Waals surface area contributed by atoms with Gasteiger partial charge in [-0.3, -0.25) is 9.59 Å². The van der Waals surface area contributed by atoms with E-state index in [-0.39, 0.29) is 18.4 Å². The Hall–Kier alpha value is -1.10. The van der Waals surface area contributed by atoms with Crippen LogP contribution in [0, 0.1) is 5.92 Å². The summed E-state index contributed by atoms with van der Waals surface area (Å²) >= 11 is 0. The lowest BCUT2D eigenvalue weighted by atomic mass is 9.96. The van der Waals surface area contributed by atoms with Gasteiger partial charge in [0.2, 0.25) is 5.91 Å². The molecule has 1 rings (SSSR count). The number of amides is 1. The normalized spacial score (nSPS) is 20.6. The molecule has 18 heavy (non-hydrogen) atoms. The van der Waals surface area contributed by atoms with Crippen molar-refractivity contribution >= 4 is 11.9 Å². The van der Waals surface area contributed by atoms with Crippen LogP contribution in [0.4, 0.5) is 0 Å². The second-order valence-electron chi connectivity index (χ2n) is 4.79. The minimum absolute atomic E-state index is 0.0272. The number of hydrogen-bond donors (Lipinski definition) is 2. The smallest absolute Gasteiger partial charge is 0.303 e. The molecule has 1 aliphatic rings. The molecular weight excluding hydrogens is 234 g/mol. The Bertz CT molecular complexity index is 274. The lowest BCUT2D eigenvalue weighted by Gasteiger charge is -2.15. The number of carboxylic acid groups (broad SMARTS) is 1. The Labute approximate surface area is 108 Å². The third-order valence-corrected chi connectivity index (χ3v) is 3.42. The third kappa shape index (κ3) is 5.49. The van der Waals surface area contributed by atoms with Gasteiger partial charge in [0.25, 0.3) is 0 Å². The van der Waals surface area contributed by atoms with Crippen molar-refractivity contribution in [2.45, 2.75) is 51.6 Å². The fourth-order valence-electron chi connectivity index (χ4n) is 2.18. The second-order valence-corrected chi connectivity index (χ2v) is 4.79. The van der Waals surface area contributed by atoms with Gasteiger partial charge in [0.05, 0.1) is 0 Å². The molecule has 5 nitrogen and oxygen atoms in total. The average Bonchev–Trinajstić information content (AvgIpc) is 2.86. The zero-order valence-electron chi connectivity index (χ0n) is 11.0. The average molecular weight is 257 g/mol. The summed E-state index contributed by atoms with van der Waals surface area (Å²) in [6.07, 6.45) is 4.16. The zero-order valence-corrected chi connectivity index (χ0v) is 11.0. The summed E-state index contributed by atoms with van der Waals surface area (Å²) < 4.78 is 5.29. The molecule has 0 aliphatic carbocycles. The maximum Gasteiger partial charge on any atom is 0.303 e. The topological polar surface area (TPSA) is 75.6 Å². The van der Waals surface area contributed by atoms with E-state index in [1.54, 1.807) is 0 Å². The fourth-order valence-corrected chi connectivity index (χ4v) is 2.18. The third-order valence-electron chi connectivity index (χ3n) is 3.42. The Morgan fingerprint density at radius 2 is 2.22 bits per heavy atom. The lowest BCUT2D eigenvalue weighted by molar-refractivity contribution is -0.137. The Balaban J connectivity index is 2.14. The fraction of sp³-hybridized carbons (Fsp3) is 0.846. The van der Waals surface area contributed by atoms with Crippen molar-refractivity contribution in [3.63, 3.8) is 0 Å². The van der Waals surface area contributed by atoms with E-state index >= 15 is 0 Å². The highest BCUT2D eigenvalue weighted by Crippen LogP contribution is 2.15. The first-order chi connectivity index (χ1) is 8.63. The van der Waals surface area contributed by atoms with Gasteiger partial charge < -0.3 is 15.2 Å². The molecule has 0 aromatic rings. The molecule has 1 saturated heterocycles. The van der Waals surface area contributed by atoms with Crippen LogP contribution in [0.3, 0.4) is 0 Å². The summed E-state index contributed by atoms with van der Waals surface area (Å²) in [7, 11) is 0.